The van der Waals surface area contributed by atoms with Gasteiger partial charge in [-0.15, -0.1) is 0 Å². The highest BCUT2D eigenvalue weighted by atomic mass is 16.1. The van der Waals surface area contributed by atoms with Crippen LogP contribution in [0.3, 0.4) is 0 Å². The van der Waals surface area contributed by atoms with Gasteiger partial charge in [-0.05, 0) is 6.92 Å². The van der Waals surface area contributed by atoms with Gasteiger partial charge in [-0.1, -0.05) is 0 Å². The Bertz CT molecular complexity index is 86.1. The van der Waals surface area contributed by atoms with E-state index in [2.05, 4.69) is 5.32 Å². The number of carbonyl (C=O) groups is 1. The topological polar surface area (TPSA) is 29.1 Å². The molecule has 38 valence electrons. The van der Waals surface area contributed by atoms with Crippen molar-refractivity contribution in [3.63, 3.8) is 0 Å². The van der Waals surface area contributed by atoms with Gasteiger partial charge in [-0.25, -0.2) is 0 Å². The van der Waals surface area contributed by atoms with Gasteiger partial charge in [0.1, 0.15) is 6.29 Å². The van der Waals surface area contributed by atoms with Crippen molar-refractivity contribution in [3.05, 3.63) is 6.92 Å². The maximum Gasteiger partial charge on any atom is 0.128 e. The zero-order chi connectivity index (χ0) is 5.33. The quantitative estimate of drug-likeness (QED) is 0.446. The third-order valence-electron chi connectivity index (χ3n) is 1.14. The third kappa shape index (κ3) is 0.657. The van der Waals surface area contributed by atoms with Gasteiger partial charge in [0.2, 0.25) is 0 Å². The summed E-state index contributed by atoms with van der Waals surface area (Å²) in [6.45, 7) is 6.64. The molecule has 0 aromatic heterocycles. The summed E-state index contributed by atoms with van der Waals surface area (Å²) in [6.07, 6.45) is 0.795. The normalized spacial score (nSPS) is 25.9. The number of hydrogen-bond acceptors (Lipinski definition) is 2. The van der Waals surface area contributed by atoms with E-state index in [-0.39, 0.29) is 0 Å². The molecule has 0 aromatic carbocycles. The molecule has 1 aliphatic rings. The molecule has 2 radical (unpaired) electrons. The fraction of sp³-hybridized carbons (Fsp3) is 0.600. The summed E-state index contributed by atoms with van der Waals surface area (Å²) in [5.41, 5.74) is -0.528. The number of rotatable bonds is 1. The Kier molecular flexibility index (Phi) is 0.889. The summed E-state index contributed by atoms with van der Waals surface area (Å²) in [4.78, 5) is 9.94. The fourth-order valence-electron chi connectivity index (χ4n) is 0.497. The Balaban J connectivity index is 2.43. The fourth-order valence-corrected chi connectivity index (χ4v) is 0.497. The molecule has 0 amide bonds. The van der Waals surface area contributed by atoms with Crippen LogP contribution in [0, 0.1) is 12.3 Å². The third-order valence-corrected chi connectivity index (χ3v) is 1.14. The van der Waals surface area contributed by atoms with Crippen LogP contribution in [0.2, 0.25) is 0 Å². The van der Waals surface area contributed by atoms with E-state index in [4.69, 9.17) is 6.92 Å². The predicted molar refractivity (Wildman–Crippen MR) is 25.7 cm³/mol. The van der Waals surface area contributed by atoms with Crippen LogP contribution in [-0.2, 0) is 4.79 Å². The Labute approximate surface area is 42.9 Å². The largest absolute Gasteiger partial charge is 0.315 e. The van der Waals surface area contributed by atoms with E-state index in [0.29, 0.717) is 13.1 Å². The number of aldehydes is 1. The molecule has 1 heterocycles. The van der Waals surface area contributed by atoms with E-state index in [1.807, 2.05) is 0 Å². The van der Waals surface area contributed by atoms with Crippen molar-refractivity contribution in [2.75, 3.05) is 13.1 Å². The van der Waals surface area contributed by atoms with Crippen LogP contribution >= 0.6 is 0 Å². The van der Waals surface area contributed by atoms with Crippen molar-refractivity contribution in [2.45, 2.75) is 0 Å². The molecule has 0 spiro atoms. The summed E-state index contributed by atoms with van der Waals surface area (Å²) < 4.78 is 0. The Morgan fingerprint density at radius 1 is 1.71 bits per heavy atom. The molecule has 7 heavy (non-hydrogen) atoms. The van der Waals surface area contributed by atoms with E-state index >= 15 is 0 Å². The average Bonchev–Trinajstić information content (AvgIpc) is 1.61. The molecule has 2 heteroatoms. The van der Waals surface area contributed by atoms with E-state index in [1.54, 1.807) is 0 Å². The van der Waals surface area contributed by atoms with Gasteiger partial charge in [-0.2, -0.15) is 0 Å². The van der Waals surface area contributed by atoms with Crippen LogP contribution in [0.4, 0.5) is 0 Å². The standard InChI is InChI=1S/C5H7NO/c1-5(4-7)2-6-3-5/h1,4,6H,2-3H2. The monoisotopic (exact) mass is 97.1 g/mol. The molecule has 1 saturated heterocycles. The minimum Gasteiger partial charge on any atom is -0.315 e. The van der Waals surface area contributed by atoms with Gasteiger partial charge < -0.3 is 10.1 Å². The van der Waals surface area contributed by atoms with Gasteiger partial charge in [0.15, 0.2) is 0 Å². The summed E-state index contributed by atoms with van der Waals surface area (Å²) >= 11 is 0. The van der Waals surface area contributed by atoms with Crippen LogP contribution in [-0.4, -0.2) is 19.4 Å². The maximum atomic E-state index is 9.94. The average molecular weight is 97.1 g/mol. The van der Waals surface area contributed by atoms with Crippen molar-refractivity contribution in [1.82, 2.24) is 5.32 Å². The van der Waals surface area contributed by atoms with Crippen LogP contribution in [0.5, 0.6) is 0 Å². The summed E-state index contributed by atoms with van der Waals surface area (Å²) in [5, 5.41) is 2.90. The van der Waals surface area contributed by atoms with E-state index in [1.165, 1.54) is 0 Å². The molecule has 1 aliphatic heterocycles. The zero-order valence-electron chi connectivity index (χ0n) is 3.98. The summed E-state index contributed by atoms with van der Waals surface area (Å²) in [5.74, 6) is 0. The van der Waals surface area contributed by atoms with Crippen molar-refractivity contribution in [3.8, 4) is 0 Å². The highest BCUT2D eigenvalue weighted by Crippen LogP contribution is 2.15. The second kappa shape index (κ2) is 1.30. The van der Waals surface area contributed by atoms with E-state index < -0.39 is 5.41 Å². The lowest BCUT2D eigenvalue weighted by Gasteiger charge is -2.32. The lowest BCUT2D eigenvalue weighted by Crippen LogP contribution is -2.52. The molecule has 1 rings (SSSR count). The highest BCUT2D eigenvalue weighted by Gasteiger charge is 2.30. The first-order valence-electron chi connectivity index (χ1n) is 2.23. The molecule has 0 unspecified atom stereocenters. The van der Waals surface area contributed by atoms with Crippen molar-refractivity contribution in [2.24, 2.45) is 5.41 Å². The minimum atomic E-state index is -0.528. The number of hydrogen-bond donors (Lipinski definition) is 1. The summed E-state index contributed by atoms with van der Waals surface area (Å²) in [6, 6.07) is 0. The first kappa shape index (κ1) is 4.78. The first-order valence-corrected chi connectivity index (χ1v) is 2.23. The predicted octanol–water partition coefficient (Wildman–Crippen LogP) is -0.514. The SMILES string of the molecule is [CH]C1(C=O)CNC1. The second-order valence-electron chi connectivity index (χ2n) is 1.95. The summed E-state index contributed by atoms with van der Waals surface area (Å²) in [7, 11) is 0. The van der Waals surface area contributed by atoms with Crippen LogP contribution in [0.15, 0.2) is 0 Å². The number of carbonyl (C=O) groups excluding carboxylic acids is 1. The van der Waals surface area contributed by atoms with Crippen molar-refractivity contribution < 1.29 is 4.79 Å². The molecule has 0 aromatic rings. The van der Waals surface area contributed by atoms with Gasteiger partial charge >= 0.3 is 0 Å². The Morgan fingerprint density at radius 2 is 2.29 bits per heavy atom. The van der Waals surface area contributed by atoms with Crippen LogP contribution < -0.4 is 5.32 Å². The first-order chi connectivity index (χ1) is 3.27. The Hall–Kier alpha value is -0.370. The zero-order valence-corrected chi connectivity index (χ0v) is 3.98. The lowest BCUT2D eigenvalue weighted by atomic mass is 9.86. The van der Waals surface area contributed by atoms with Gasteiger partial charge in [0, 0.05) is 13.1 Å². The molecule has 1 fully saturated rings. The lowest BCUT2D eigenvalue weighted by molar-refractivity contribution is -0.116. The highest BCUT2D eigenvalue weighted by molar-refractivity contribution is 5.62. The van der Waals surface area contributed by atoms with Gasteiger partial charge in [0.25, 0.3) is 0 Å². The molecular formula is C5H7NO. The molecule has 1 N–H and O–H groups in total. The van der Waals surface area contributed by atoms with Crippen LogP contribution in [0.1, 0.15) is 0 Å². The van der Waals surface area contributed by atoms with Gasteiger partial charge in [-0.3, -0.25) is 0 Å². The molecule has 0 atom stereocenters. The smallest absolute Gasteiger partial charge is 0.128 e. The molecule has 2 nitrogen and oxygen atoms in total. The number of nitrogens with one attached hydrogen (secondary N) is 1. The van der Waals surface area contributed by atoms with Gasteiger partial charge in [0.05, 0.1) is 5.41 Å². The maximum absolute atomic E-state index is 9.94. The van der Waals surface area contributed by atoms with E-state index in [9.17, 15) is 4.79 Å². The van der Waals surface area contributed by atoms with Crippen molar-refractivity contribution in [1.29, 1.82) is 0 Å². The van der Waals surface area contributed by atoms with Crippen molar-refractivity contribution >= 4 is 6.29 Å². The molecule has 0 bridgehead atoms. The molecule has 0 aliphatic carbocycles. The Morgan fingerprint density at radius 3 is 2.29 bits per heavy atom. The molecular weight excluding hydrogens is 90.1 g/mol. The minimum absolute atomic E-state index is 0.528. The van der Waals surface area contributed by atoms with E-state index in [0.717, 1.165) is 6.29 Å². The second-order valence-corrected chi connectivity index (χ2v) is 1.95. The van der Waals surface area contributed by atoms with Crippen LogP contribution in [0.25, 0.3) is 0 Å². The molecule has 0 saturated carbocycles.